The van der Waals surface area contributed by atoms with Gasteiger partial charge in [-0.15, -0.1) is 0 Å². The van der Waals surface area contributed by atoms with Gasteiger partial charge in [-0.3, -0.25) is 10.7 Å². The van der Waals surface area contributed by atoms with Gasteiger partial charge in [0.15, 0.2) is 5.66 Å². The second-order valence-corrected chi connectivity index (χ2v) is 4.74. The fourth-order valence-corrected chi connectivity index (χ4v) is 2.18. The van der Waals surface area contributed by atoms with Crippen molar-refractivity contribution >= 4 is 6.34 Å². The van der Waals surface area contributed by atoms with Crippen LogP contribution in [0.15, 0.2) is 59.5 Å². The number of benzene rings is 1. The van der Waals surface area contributed by atoms with Crippen LogP contribution in [0.4, 0.5) is 4.39 Å². The maximum absolute atomic E-state index is 13.9. The average Bonchev–Trinajstić information content (AvgIpc) is 2.48. The maximum atomic E-state index is 13.9. The van der Waals surface area contributed by atoms with Gasteiger partial charge < -0.3 is 11.1 Å². The molecule has 6 heteroatoms. The molecular weight excluding hydrogens is 269 g/mol. The first-order chi connectivity index (χ1) is 10.1. The predicted octanol–water partition coefficient (Wildman–Crippen LogP) is 1.43. The van der Waals surface area contributed by atoms with Crippen LogP contribution in [-0.2, 0) is 5.66 Å². The quantitative estimate of drug-likeness (QED) is 0.778. The lowest BCUT2D eigenvalue weighted by Gasteiger charge is -2.25. The fourth-order valence-electron chi connectivity index (χ4n) is 2.18. The van der Waals surface area contributed by atoms with E-state index in [1.54, 1.807) is 42.6 Å². The molecule has 1 aromatic heterocycles. The van der Waals surface area contributed by atoms with Crippen LogP contribution in [-0.4, -0.2) is 11.3 Å². The summed E-state index contributed by atoms with van der Waals surface area (Å²) in [5, 5.41) is 2.75. The summed E-state index contributed by atoms with van der Waals surface area (Å²) in [5.74, 6) is 0.0776. The molecule has 2 aromatic rings. The van der Waals surface area contributed by atoms with Crippen LogP contribution >= 0.6 is 0 Å². The van der Waals surface area contributed by atoms with Crippen LogP contribution in [0.25, 0.3) is 11.3 Å². The Morgan fingerprint density at radius 1 is 1.19 bits per heavy atom. The number of aromatic nitrogens is 1. The molecule has 3 rings (SSSR count). The third-order valence-electron chi connectivity index (χ3n) is 3.26. The summed E-state index contributed by atoms with van der Waals surface area (Å²) in [7, 11) is 0. The number of rotatable bonds is 2. The molecule has 0 aliphatic carbocycles. The smallest absolute Gasteiger partial charge is 0.158 e. The number of pyridine rings is 1. The van der Waals surface area contributed by atoms with Crippen LogP contribution in [0.1, 0.15) is 5.56 Å². The molecule has 1 aromatic carbocycles. The Kier molecular flexibility index (Phi) is 3.15. The Bertz CT molecular complexity index is 740. The molecule has 0 spiro atoms. The molecule has 0 radical (unpaired) electrons. The van der Waals surface area contributed by atoms with Gasteiger partial charge in [-0.05, 0) is 24.3 Å². The highest BCUT2D eigenvalue weighted by Crippen LogP contribution is 2.27. The van der Waals surface area contributed by atoms with E-state index < -0.39 is 5.66 Å². The molecule has 106 valence electrons. The molecule has 0 fully saturated rings. The van der Waals surface area contributed by atoms with E-state index in [4.69, 9.17) is 11.5 Å². The third-order valence-corrected chi connectivity index (χ3v) is 3.26. The second-order valence-electron chi connectivity index (χ2n) is 4.74. The van der Waals surface area contributed by atoms with Crippen molar-refractivity contribution in [2.45, 2.75) is 5.66 Å². The molecule has 21 heavy (non-hydrogen) atoms. The lowest BCUT2D eigenvalue weighted by molar-refractivity contribution is 0.577. The summed E-state index contributed by atoms with van der Waals surface area (Å²) in [5.41, 5.74) is 12.5. The number of halogens is 1. The minimum Gasteiger partial charge on any atom is -0.385 e. The van der Waals surface area contributed by atoms with Gasteiger partial charge in [0.05, 0.1) is 12.0 Å². The molecule has 0 saturated heterocycles. The van der Waals surface area contributed by atoms with E-state index in [0.29, 0.717) is 22.6 Å². The minimum absolute atomic E-state index is 0.336. The molecular formula is C15H14FN5. The molecule has 1 aliphatic heterocycles. The first-order valence-electron chi connectivity index (χ1n) is 6.37. The van der Waals surface area contributed by atoms with E-state index >= 15 is 0 Å². The summed E-state index contributed by atoms with van der Waals surface area (Å²) in [4.78, 5) is 8.40. The Labute approximate surface area is 121 Å². The summed E-state index contributed by atoms with van der Waals surface area (Å²) in [6.07, 6.45) is 4.62. The SMILES string of the molecule is NC1=CC(N)(c2ccnc(-c3ccccc3F)c2)N=CN1. The number of nitrogens with zero attached hydrogens (tertiary/aromatic N) is 2. The number of hydrogen-bond acceptors (Lipinski definition) is 5. The molecule has 0 bridgehead atoms. The molecule has 0 saturated carbocycles. The maximum Gasteiger partial charge on any atom is 0.158 e. The Morgan fingerprint density at radius 3 is 2.76 bits per heavy atom. The van der Waals surface area contributed by atoms with Crippen molar-refractivity contribution < 1.29 is 4.39 Å². The van der Waals surface area contributed by atoms with E-state index in [9.17, 15) is 4.39 Å². The topological polar surface area (TPSA) is 89.3 Å². The minimum atomic E-state index is -1.09. The Hall–Kier alpha value is -2.73. The number of aliphatic imine (C=N–C) groups is 1. The van der Waals surface area contributed by atoms with E-state index in [0.717, 1.165) is 0 Å². The van der Waals surface area contributed by atoms with Crippen molar-refractivity contribution in [2.24, 2.45) is 16.5 Å². The van der Waals surface area contributed by atoms with Gasteiger partial charge in [0, 0.05) is 23.4 Å². The first-order valence-corrected chi connectivity index (χ1v) is 6.37. The Balaban J connectivity index is 2.07. The van der Waals surface area contributed by atoms with Gasteiger partial charge in [-0.25, -0.2) is 9.38 Å². The van der Waals surface area contributed by atoms with Crippen LogP contribution in [0.3, 0.4) is 0 Å². The molecule has 1 atom stereocenters. The molecule has 1 unspecified atom stereocenters. The van der Waals surface area contributed by atoms with Gasteiger partial charge in [0.2, 0.25) is 0 Å². The molecule has 5 nitrogen and oxygen atoms in total. The van der Waals surface area contributed by atoms with E-state index in [-0.39, 0.29) is 5.82 Å². The highest BCUT2D eigenvalue weighted by molar-refractivity contribution is 5.64. The highest BCUT2D eigenvalue weighted by Gasteiger charge is 2.26. The third kappa shape index (κ3) is 2.48. The molecule has 1 aliphatic rings. The summed E-state index contributed by atoms with van der Waals surface area (Å²) in [6.45, 7) is 0. The summed E-state index contributed by atoms with van der Waals surface area (Å²) >= 11 is 0. The normalized spacial score (nSPS) is 20.8. The zero-order valence-electron chi connectivity index (χ0n) is 11.1. The van der Waals surface area contributed by atoms with E-state index in [1.807, 2.05) is 0 Å². The van der Waals surface area contributed by atoms with Crippen molar-refractivity contribution in [3.8, 4) is 11.3 Å². The monoisotopic (exact) mass is 283 g/mol. The zero-order valence-corrected chi connectivity index (χ0v) is 11.1. The van der Waals surface area contributed by atoms with Crippen molar-refractivity contribution in [1.29, 1.82) is 0 Å². The van der Waals surface area contributed by atoms with Gasteiger partial charge in [0.25, 0.3) is 0 Å². The molecule has 5 N–H and O–H groups in total. The standard InChI is InChI=1S/C15H14FN5/c16-12-4-2-1-3-11(12)13-7-10(5-6-19-13)15(18)8-14(17)20-9-21-15/h1-9H,17-18H2,(H,20,21). The number of nitrogens with one attached hydrogen (secondary N) is 1. The summed E-state index contributed by atoms with van der Waals surface area (Å²) < 4.78 is 13.9. The lowest BCUT2D eigenvalue weighted by Crippen LogP contribution is -2.39. The van der Waals surface area contributed by atoms with Gasteiger partial charge in [-0.1, -0.05) is 12.1 Å². The largest absolute Gasteiger partial charge is 0.385 e. The summed E-state index contributed by atoms with van der Waals surface area (Å²) in [6, 6.07) is 9.89. The van der Waals surface area contributed by atoms with Crippen molar-refractivity contribution in [3.05, 3.63) is 65.9 Å². The lowest BCUT2D eigenvalue weighted by atomic mass is 9.98. The zero-order chi connectivity index (χ0) is 14.9. The predicted molar refractivity (Wildman–Crippen MR) is 79.4 cm³/mol. The Morgan fingerprint density at radius 2 is 2.00 bits per heavy atom. The van der Waals surface area contributed by atoms with Crippen molar-refractivity contribution in [2.75, 3.05) is 0 Å². The van der Waals surface area contributed by atoms with Crippen LogP contribution in [0.5, 0.6) is 0 Å². The molecule has 0 amide bonds. The van der Waals surface area contributed by atoms with Crippen molar-refractivity contribution in [1.82, 2.24) is 10.3 Å². The number of nitrogens with two attached hydrogens (primary N) is 2. The second kappa shape index (κ2) is 4.99. The van der Waals surface area contributed by atoms with Gasteiger partial charge >= 0.3 is 0 Å². The highest BCUT2D eigenvalue weighted by atomic mass is 19.1. The molecule has 2 heterocycles. The van der Waals surface area contributed by atoms with Crippen LogP contribution in [0, 0.1) is 5.82 Å². The van der Waals surface area contributed by atoms with Gasteiger partial charge in [-0.2, -0.15) is 0 Å². The van der Waals surface area contributed by atoms with Crippen molar-refractivity contribution in [3.63, 3.8) is 0 Å². The van der Waals surface area contributed by atoms with Crippen LogP contribution < -0.4 is 16.8 Å². The van der Waals surface area contributed by atoms with E-state index in [2.05, 4.69) is 15.3 Å². The van der Waals surface area contributed by atoms with Crippen LogP contribution in [0.2, 0.25) is 0 Å². The number of hydrogen-bond donors (Lipinski definition) is 3. The first kappa shape index (κ1) is 13.3. The van der Waals surface area contributed by atoms with Gasteiger partial charge in [0.1, 0.15) is 11.6 Å². The van der Waals surface area contributed by atoms with E-state index in [1.165, 1.54) is 12.4 Å². The average molecular weight is 283 g/mol. The fraction of sp³-hybridized carbons (Fsp3) is 0.0667.